The van der Waals surface area contributed by atoms with Gasteiger partial charge in [0.25, 0.3) is 0 Å². The second-order valence-corrected chi connectivity index (χ2v) is 8.67. The molecule has 0 aromatic heterocycles. The zero-order valence-corrected chi connectivity index (χ0v) is 23.4. The molecule has 1 fully saturated rings. The van der Waals surface area contributed by atoms with Crippen LogP contribution in [-0.2, 0) is 0 Å². The van der Waals surface area contributed by atoms with Crippen molar-refractivity contribution in [3.05, 3.63) is 0 Å². The molecule has 0 atom stereocenters. The van der Waals surface area contributed by atoms with Gasteiger partial charge in [0.2, 0.25) is 0 Å². The van der Waals surface area contributed by atoms with Crippen molar-refractivity contribution >= 4 is 0 Å². The largest absolute Gasteiger partial charge is 0.317 e. The Hall–Kier alpha value is -0.480. The first-order valence-corrected chi connectivity index (χ1v) is 12.3. The Bertz CT molecular complexity index is 313. The second kappa shape index (κ2) is 37.1. The highest BCUT2D eigenvalue weighted by molar-refractivity contribution is 4.67. The third-order valence-electron chi connectivity index (χ3n) is 3.63. The summed E-state index contributed by atoms with van der Waals surface area (Å²) < 4.78 is 0. The van der Waals surface area contributed by atoms with Crippen LogP contribution in [0.25, 0.3) is 0 Å². The zero-order chi connectivity index (χ0) is 27.8. The maximum atomic E-state index is 8.50. The van der Waals surface area contributed by atoms with Gasteiger partial charge < -0.3 is 31.2 Å². The van der Waals surface area contributed by atoms with Crippen LogP contribution in [0.3, 0.4) is 0 Å². The number of nitrogens with zero attached hydrogens (tertiary/aromatic N) is 1. The highest BCUT2D eigenvalue weighted by Gasteiger charge is 2.10. The van der Waals surface area contributed by atoms with Crippen molar-refractivity contribution in [3.8, 4) is 0 Å². The number of nitrogens with one attached hydrogen (secondary N) is 5. The van der Waals surface area contributed by atoms with E-state index >= 15 is 0 Å². The van der Waals surface area contributed by atoms with E-state index in [0.29, 0.717) is 19.1 Å². The van der Waals surface area contributed by atoms with E-state index in [2.05, 4.69) is 11.0 Å². The molecule has 12 heteroatoms. The van der Waals surface area contributed by atoms with Gasteiger partial charge >= 0.3 is 0 Å². The summed E-state index contributed by atoms with van der Waals surface area (Å²) in [4.78, 5) is 0. The first kappa shape index (κ1) is 43.6. The lowest BCUT2D eigenvalue weighted by atomic mass is 9.96. The average Bonchev–Trinajstić information content (AvgIpc) is 2.85. The van der Waals surface area contributed by atoms with Crippen molar-refractivity contribution in [2.24, 2.45) is 0 Å². The van der Waals surface area contributed by atoms with Crippen LogP contribution in [0.1, 0.15) is 101 Å². The Kier molecular flexibility index (Phi) is 47.5. The molecule has 0 aliphatic heterocycles. The van der Waals surface area contributed by atoms with Crippen molar-refractivity contribution < 1.29 is 31.2 Å². The molecular weight excluding hydrogens is 444 g/mol. The molecule has 34 heavy (non-hydrogen) atoms. The minimum absolute atomic E-state index is 0.153. The molecule has 1 aliphatic carbocycles. The van der Waals surface area contributed by atoms with Crippen LogP contribution in [0.15, 0.2) is 0 Å². The Balaban J connectivity index is -0.000000101. The van der Waals surface area contributed by atoms with Gasteiger partial charge in [-0.2, -0.15) is 5.06 Å². The van der Waals surface area contributed by atoms with Gasteiger partial charge in [-0.3, -0.25) is 0 Å². The molecule has 0 amide bonds. The maximum absolute atomic E-state index is 8.50. The standard InChI is InChI=1S/C6H13NO.2C4H11NO.2C3H9NO.C2H7NO/c8-7-6-4-2-1-3-5-6;1-4(2,3)5-6;1-3-5(6)4-2;1-3(2)4-5;1-2-3-4-5;1-2-3-4/h6-8H,1-5H2;5-6H,1-3H3;6H,3-4H2,1-2H3;3-5H,1-2H3;4-5H,2-3H2,1H3;3-4H,2H2,1H3. The quantitative estimate of drug-likeness (QED) is 0.227. The number of hydrogen-bond donors (Lipinski definition) is 11. The minimum Gasteiger partial charge on any atom is -0.317 e. The zero-order valence-electron chi connectivity index (χ0n) is 23.4. The van der Waals surface area contributed by atoms with Crippen LogP contribution in [-0.4, -0.2) is 80.1 Å². The van der Waals surface area contributed by atoms with Crippen molar-refractivity contribution in [2.75, 3.05) is 26.2 Å². The Morgan fingerprint density at radius 3 is 1.29 bits per heavy atom. The summed E-state index contributed by atoms with van der Waals surface area (Å²) in [6.07, 6.45) is 7.18. The average molecular weight is 505 g/mol. The fourth-order valence-electron chi connectivity index (χ4n) is 1.57. The van der Waals surface area contributed by atoms with Gasteiger partial charge in [0, 0.05) is 43.8 Å². The molecule has 214 valence electrons. The molecule has 0 unspecified atom stereocenters. The van der Waals surface area contributed by atoms with Gasteiger partial charge in [-0.1, -0.05) is 47.0 Å². The molecule has 0 spiro atoms. The highest BCUT2D eigenvalue weighted by Crippen LogP contribution is 2.16. The van der Waals surface area contributed by atoms with Crippen LogP contribution >= 0.6 is 0 Å². The van der Waals surface area contributed by atoms with E-state index in [1.807, 2.05) is 78.8 Å². The minimum atomic E-state index is -0.153. The van der Waals surface area contributed by atoms with Crippen molar-refractivity contribution in [2.45, 2.75) is 118 Å². The monoisotopic (exact) mass is 504 g/mol. The predicted molar refractivity (Wildman–Crippen MR) is 137 cm³/mol. The summed E-state index contributed by atoms with van der Waals surface area (Å²) in [5.74, 6) is 0. The summed E-state index contributed by atoms with van der Waals surface area (Å²) in [7, 11) is 0. The van der Waals surface area contributed by atoms with E-state index in [1.54, 1.807) is 0 Å². The second-order valence-electron chi connectivity index (χ2n) is 8.67. The number of rotatable bonds is 7. The van der Waals surface area contributed by atoms with E-state index in [9.17, 15) is 0 Å². The van der Waals surface area contributed by atoms with Gasteiger partial charge in [-0.15, -0.1) is 0 Å². The summed E-state index contributed by atoms with van der Waals surface area (Å²) in [5, 5.41) is 49.7. The molecule has 0 heterocycles. The third kappa shape index (κ3) is 63.4. The summed E-state index contributed by atoms with van der Waals surface area (Å²) in [5.41, 5.74) is 10.2. The number of hydroxylamine groups is 7. The van der Waals surface area contributed by atoms with Gasteiger partial charge in [-0.05, 0) is 53.9 Å². The normalized spacial score (nSPS) is 13.0. The fourth-order valence-corrected chi connectivity index (χ4v) is 1.57. The van der Waals surface area contributed by atoms with Crippen molar-refractivity contribution in [3.63, 3.8) is 0 Å². The van der Waals surface area contributed by atoms with E-state index in [-0.39, 0.29) is 11.6 Å². The van der Waals surface area contributed by atoms with Gasteiger partial charge in [0.05, 0.1) is 0 Å². The lowest BCUT2D eigenvalue weighted by Gasteiger charge is -2.18. The molecule has 12 nitrogen and oxygen atoms in total. The smallest absolute Gasteiger partial charge is 0.0345 e. The first-order chi connectivity index (χ1) is 15.9. The summed E-state index contributed by atoms with van der Waals surface area (Å²) in [6, 6.07) is 0.582. The van der Waals surface area contributed by atoms with Crippen LogP contribution in [0.4, 0.5) is 0 Å². The molecular formula is C22H60N6O6. The molecule has 0 aromatic carbocycles. The van der Waals surface area contributed by atoms with Crippen molar-refractivity contribution in [1.29, 1.82) is 0 Å². The lowest BCUT2D eigenvalue weighted by Crippen LogP contribution is -2.32. The number of hydrogen-bond acceptors (Lipinski definition) is 12. The SMILES string of the molecule is CC(C)(C)NO.CC(C)NO.CCCNO.CCN(O)CC.CCNO.ONC1CCCCC1. The van der Waals surface area contributed by atoms with Crippen LogP contribution in [0, 0.1) is 0 Å². The van der Waals surface area contributed by atoms with E-state index in [4.69, 9.17) is 31.2 Å². The Morgan fingerprint density at radius 1 is 0.824 bits per heavy atom. The summed E-state index contributed by atoms with van der Waals surface area (Å²) in [6.45, 7) is 19.7. The van der Waals surface area contributed by atoms with Gasteiger partial charge in [0.15, 0.2) is 0 Å². The molecule has 0 aromatic rings. The first-order valence-electron chi connectivity index (χ1n) is 12.3. The lowest BCUT2D eigenvalue weighted by molar-refractivity contribution is -0.0813. The molecule has 1 rings (SSSR count). The topological polar surface area (TPSA) is 185 Å². The van der Waals surface area contributed by atoms with Crippen LogP contribution in [0.2, 0.25) is 0 Å². The van der Waals surface area contributed by atoms with Gasteiger partial charge in [0.1, 0.15) is 0 Å². The van der Waals surface area contributed by atoms with E-state index < -0.39 is 0 Å². The van der Waals surface area contributed by atoms with Crippen LogP contribution in [0.5, 0.6) is 0 Å². The van der Waals surface area contributed by atoms with E-state index in [1.165, 1.54) is 24.3 Å². The van der Waals surface area contributed by atoms with Crippen molar-refractivity contribution in [1.82, 2.24) is 32.5 Å². The highest BCUT2D eigenvalue weighted by atomic mass is 16.5. The molecule has 1 saturated carbocycles. The molecule has 0 radical (unpaired) electrons. The predicted octanol–water partition coefficient (Wildman–Crippen LogP) is 3.51. The maximum Gasteiger partial charge on any atom is 0.0345 e. The molecule has 1 aliphatic rings. The molecule has 11 N–H and O–H groups in total. The Morgan fingerprint density at radius 2 is 1.21 bits per heavy atom. The molecule has 0 saturated heterocycles. The van der Waals surface area contributed by atoms with Crippen LogP contribution < -0.4 is 27.4 Å². The van der Waals surface area contributed by atoms with E-state index in [0.717, 1.165) is 32.4 Å². The third-order valence-corrected chi connectivity index (χ3v) is 3.63. The molecule has 0 bridgehead atoms. The Labute approximate surface area is 208 Å². The van der Waals surface area contributed by atoms with Gasteiger partial charge in [-0.25, -0.2) is 27.4 Å². The summed E-state index contributed by atoms with van der Waals surface area (Å²) >= 11 is 0. The fraction of sp³-hybridized carbons (Fsp3) is 1.00.